The Kier molecular flexibility index (Phi) is 4.36. The Morgan fingerprint density at radius 1 is 1.43 bits per heavy atom. The van der Waals surface area contributed by atoms with Gasteiger partial charge in [-0.3, -0.25) is 14.5 Å². The summed E-state index contributed by atoms with van der Waals surface area (Å²) in [6, 6.07) is 3.48. The molecule has 0 radical (unpaired) electrons. The minimum Gasteiger partial charge on any atom is -0.481 e. The van der Waals surface area contributed by atoms with E-state index >= 15 is 0 Å². The number of carboxylic acids is 1. The van der Waals surface area contributed by atoms with Crippen LogP contribution in [0.15, 0.2) is 18.2 Å². The lowest BCUT2D eigenvalue weighted by Crippen LogP contribution is -2.29. The Labute approximate surface area is 119 Å². The molecule has 1 aliphatic rings. The zero-order valence-electron chi connectivity index (χ0n) is 11.1. The third-order valence-corrected chi connectivity index (χ3v) is 2.99. The maximum atomic E-state index is 13.7. The number of hydrogen-bond acceptors (Lipinski definition) is 3. The second kappa shape index (κ2) is 6.21. The van der Waals surface area contributed by atoms with Crippen LogP contribution in [-0.4, -0.2) is 42.6 Å². The molecule has 0 aromatic heterocycles. The van der Waals surface area contributed by atoms with Crippen molar-refractivity contribution in [3.63, 3.8) is 0 Å². The van der Waals surface area contributed by atoms with E-state index in [1.165, 1.54) is 17.0 Å². The van der Waals surface area contributed by atoms with Gasteiger partial charge in [0, 0.05) is 25.3 Å². The van der Waals surface area contributed by atoms with Crippen molar-refractivity contribution in [1.29, 1.82) is 0 Å². The van der Waals surface area contributed by atoms with Gasteiger partial charge in [0.1, 0.15) is 5.82 Å². The molecule has 21 heavy (non-hydrogen) atoms. The minimum atomic E-state index is -1.06. The first-order valence-corrected chi connectivity index (χ1v) is 6.34. The molecule has 3 amide bonds. The van der Waals surface area contributed by atoms with Crippen LogP contribution in [0.5, 0.6) is 0 Å². The zero-order valence-corrected chi connectivity index (χ0v) is 11.1. The van der Waals surface area contributed by atoms with Crippen LogP contribution >= 0.6 is 0 Å². The monoisotopic (exact) mass is 295 g/mol. The van der Waals surface area contributed by atoms with Crippen molar-refractivity contribution in [1.82, 2.24) is 10.6 Å². The fourth-order valence-electron chi connectivity index (χ4n) is 1.95. The molecule has 2 rings (SSSR count). The average molecular weight is 295 g/mol. The molecular formula is C13H14FN3O4. The number of carbonyl (C=O) groups is 3. The van der Waals surface area contributed by atoms with E-state index in [9.17, 15) is 18.8 Å². The lowest BCUT2D eigenvalue weighted by Gasteiger charge is -2.15. The molecule has 0 atom stereocenters. The van der Waals surface area contributed by atoms with Gasteiger partial charge in [-0.05, 0) is 18.2 Å². The molecule has 112 valence electrons. The molecule has 0 bridgehead atoms. The molecule has 0 aliphatic carbocycles. The summed E-state index contributed by atoms with van der Waals surface area (Å²) in [5, 5.41) is 13.4. The second-order valence-corrected chi connectivity index (χ2v) is 4.45. The molecule has 0 spiro atoms. The molecule has 7 nitrogen and oxygen atoms in total. The Balaban J connectivity index is 2.13. The first kappa shape index (κ1) is 14.8. The molecule has 1 saturated heterocycles. The summed E-state index contributed by atoms with van der Waals surface area (Å²) in [6.07, 6.45) is -0.248. The quantitative estimate of drug-likeness (QED) is 0.739. The third kappa shape index (κ3) is 3.47. The summed E-state index contributed by atoms with van der Waals surface area (Å²) in [4.78, 5) is 35.1. The first-order chi connectivity index (χ1) is 9.99. The lowest BCUT2D eigenvalue weighted by molar-refractivity contribution is -0.136. The molecule has 1 aromatic carbocycles. The Morgan fingerprint density at radius 2 is 2.19 bits per heavy atom. The lowest BCUT2D eigenvalue weighted by atomic mass is 10.1. The predicted octanol–water partition coefficient (Wildman–Crippen LogP) is 0.560. The van der Waals surface area contributed by atoms with Gasteiger partial charge in [0.25, 0.3) is 5.91 Å². The minimum absolute atomic E-state index is 0.0952. The van der Waals surface area contributed by atoms with Crippen LogP contribution in [0.25, 0.3) is 0 Å². The molecular weight excluding hydrogens is 281 g/mol. The summed E-state index contributed by atoms with van der Waals surface area (Å²) >= 11 is 0. The van der Waals surface area contributed by atoms with E-state index in [1.807, 2.05) is 0 Å². The van der Waals surface area contributed by atoms with Crippen molar-refractivity contribution in [2.45, 2.75) is 6.42 Å². The highest BCUT2D eigenvalue weighted by molar-refractivity contribution is 5.98. The molecule has 1 heterocycles. The number of nitrogens with zero attached hydrogens (tertiary/aromatic N) is 1. The van der Waals surface area contributed by atoms with Gasteiger partial charge in [0.15, 0.2) is 0 Å². The maximum Gasteiger partial charge on any atom is 0.321 e. The number of halogens is 1. The molecule has 1 fully saturated rings. The molecule has 3 N–H and O–H groups in total. The fraction of sp³-hybridized carbons (Fsp3) is 0.308. The van der Waals surface area contributed by atoms with Crippen molar-refractivity contribution >= 4 is 23.6 Å². The Morgan fingerprint density at radius 3 is 2.81 bits per heavy atom. The summed E-state index contributed by atoms with van der Waals surface area (Å²) in [7, 11) is 0. The molecule has 1 aromatic rings. The van der Waals surface area contributed by atoms with Gasteiger partial charge >= 0.3 is 12.0 Å². The summed E-state index contributed by atoms with van der Waals surface area (Å²) < 4.78 is 13.7. The van der Waals surface area contributed by atoms with Crippen LogP contribution in [0.2, 0.25) is 0 Å². The highest BCUT2D eigenvalue weighted by Crippen LogP contribution is 2.20. The molecule has 8 heteroatoms. The Bertz CT molecular complexity index is 591. The number of anilines is 1. The van der Waals surface area contributed by atoms with Gasteiger partial charge in [-0.2, -0.15) is 0 Å². The van der Waals surface area contributed by atoms with Crippen molar-refractivity contribution in [3.8, 4) is 0 Å². The number of rotatable bonds is 5. The normalized spacial score (nSPS) is 14.0. The first-order valence-electron chi connectivity index (χ1n) is 6.34. The largest absolute Gasteiger partial charge is 0.481 e. The number of amides is 3. The summed E-state index contributed by atoms with van der Waals surface area (Å²) in [5.74, 6) is -2.50. The van der Waals surface area contributed by atoms with E-state index in [1.54, 1.807) is 0 Å². The number of hydrogen-bond donors (Lipinski definition) is 3. The van der Waals surface area contributed by atoms with E-state index in [0.29, 0.717) is 18.8 Å². The van der Waals surface area contributed by atoms with Gasteiger partial charge in [-0.25, -0.2) is 9.18 Å². The van der Waals surface area contributed by atoms with Crippen molar-refractivity contribution < 1.29 is 23.9 Å². The van der Waals surface area contributed by atoms with E-state index in [2.05, 4.69) is 10.6 Å². The zero-order chi connectivity index (χ0) is 15.4. The number of carbonyl (C=O) groups excluding carboxylic acids is 2. The SMILES string of the molecule is O=C(O)CCNC(=O)c1cc(N2CCNC2=O)ccc1F. The van der Waals surface area contributed by atoms with E-state index in [0.717, 1.165) is 6.07 Å². The number of carboxylic acid groups (broad SMARTS) is 1. The van der Waals surface area contributed by atoms with Gasteiger partial charge in [-0.1, -0.05) is 0 Å². The molecule has 0 unspecified atom stereocenters. The van der Waals surface area contributed by atoms with Crippen LogP contribution in [0.3, 0.4) is 0 Å². The maximum absolute atomic E-state index is 13.7. The highest BCUT2D eigenvalue weighted by Gasteiger charge is 2.23. The smallest absolute Gasteiger partial charge is 0.321 e. The number of urea groups is 1. The van der Waals surface area contributed by atoms with E-state index in [-0.39, 0.29) is 24.6 Å². The van der Waals surface area contributed by atoms with Gasteiger partial charge in [0.05, 0.1) is 12.0 Å². The summed E-state index contributed by atoms with van der Waals surface area (Å²) in [6.45, 7) is 0.822. The van der Waals surface area contributed by atoms with Gasteiger partial charge in [-0.15, -0.1) is 0 Å². The van der Waals surface area contributed by atoms with Crippen molar-refractivity contribution in [2.75, 3.05) is 24.5 Å². The number of aliphatic carboxylic acids is 1. The third-order valence-electron chi connectivity index (χ3n) is 2.99. The van der Waals surface area contributed by atoms with Crippen LogP contribution in [0.1, 0.15) is 16.8 Å². The fourth-order valence-corrected chi connectivity index (χ4v) is 1.95. The van der Waals surface area contributed by atoms with E-state index < -0.39 is 17.7 Å². The Hall–Kier alpha value is -2.64. The van der Waals surface area contributed by atoms with Gasteiger partial charge in [0.2, 0.25) is 0 Å². The predicted molar refractivity (Wildman–Crippen MR) is 71.7 cm³/mol. The summed E-state index contributed by atoms with van der Waals surface area (Å²) in [5.41, 5.74) is 0.187. The molecule has 1 aliphatic heterocycles. The molecule has 0 saturated carbocycles. The number of benzene rings is 1. The standard InChI is InChI=1S/C13H14FN3O4/c14-10-2-1-8(17-6-5-16-13(17)21)7-9(10)12(20)15-4-3-11(18)19/h1-2,7H,3-6H2,(H,15,20)(H,16,21)(H,18,19). The van der Waals surface area contributed by atoms with Gasteiger partial charge < -0.3 is 15.7 Å². The highest BCUT2D eigenvalue weighted by atomic mass is 19.1. The second-order valence-electron chi connectivity index (χ2n) is 4.45. The average Bonchev–Trinajstić information content (AvgIpc) is 2.85. The van der Waals surface area contributed by atoms with Crippen LogP contribution in [-0.2, 0) is 4.79 Å². The van der Waals surface area contributed by atoms with Crippen molar-refractivity contribution in [3.05, 3.63) is 29.6 Å². The van der Waals surface area contributed by atoms with Crippen LogP contribution < -0.4 is 15.5 Å². The van der Waals surface area contributed by atoms with Crippen LogP contribution in [0, 0.1) is 5.82 Å². The van der Waals surface area contributed by atoms with Crippen molar-refractivity contribution in [2.24, 2.45) is 0 Å². The number of nitrogens with one attached hydrogen (secondary N) is 2. The van der Waals surface area contributed by atoms with Crippen LogP contribution in [0.4, 0.5) is 14.9 Å². The topological polar surface area (TPSA) is 98.7 Å². The van der Waals surface area contributed by atoms with E-state index in [4.69, 9.17) is 5.11 Å².